The number of hydrogen-bond acceptors (Lipinski definition) is 4. The number of carbonyl (C=O) groups is 1. The second-order valence-corrected chi connectivity index (χ2v) is 6.35. The summed E-state index contributed by atoms with van der Waals surface area (Å²) in [6.07, 6.45) is 3.95. The molecule has 6 heteroatoms. The molecule has 4 nitrogen and oxygen atoms in total. The molecule has 0 spiro atoms. The molecule has 1 unspecified atom stereocenters. The van der Waals surface area contributed by atoms with Crippen LogP contribution in [0.1, 0.15) is 29.9 Å². The van der Waals surface area contributed by atoms with E-state index in [1.54, 1.807) is 29.2 Å². The minimum Gasteiger partial charge on any atom is -0.494 e. The molecule has 2 heterocycles. The van der Waals surface area contributed by atoms with E-state index in [-0.39, 0.29) is 23.5 Å². The second-order valence-electron chi connectivity index (χ2n) is 5.31. The first kappa shape index (κ1) is 15.8. The van der Waals surface area contributed by atoms with Crippen LogP contribution in [-0.2, 0) is 4.74 Å². The number of nitrogens with zero attached hydrogens (tertiary/aromatic N) is 1. The van der Waals surface area contributed by atoms with Crippen LogP contribution in [0.25, 0.3) is 0 Å². The average Bonchev–Trinajstić information content (AvgIpc) is 3.12. The van der Waals surface area contributed by atoms with Crippen LogP contribution in [0.5, 0.6) is 5.06 Å². The maximum atomic E-state index is 14.4. The Kier molecular flexibility index (Phi) is 4.26. The summed E-state index contributed by atoms with van der Waals surface area (Å²) in [5, 5.41) is 0.712. The highest BCUT2D eigenvalue weighted by Crippen LogP contribution is 2.39. The van der Waals surface area contributed by atoms with Crippen LogP contribution < -0.4 is 4.74 Å². The lowest BCUT2D eigenvalue weighted by Crippen LogP contribution is -2.36. The van der Waals surface area contributed by atoms with Gasteiger partial charge in [0.25, 0.3) is 5.91 Å². The third kappa shape index (κ3) is 2.67. The molecule has 1 aliphatic carbocycles. The molecule has 0 radical (unpaired) electrons. The van der Waals surface area contributed by atoms with Gasteiger partial charge in [0.15, 0.2) is 16.6 Å². The van der Waals surface area contributed by atoms with Crippen molar-refractivity contribution in [1.29, 1.82) is 0 Å². The van der Waals surface area contributed by atoms with E-state index in [4.69, 9.17) is 9.47 Å². The number of halogens is 1. The predicted octanol–water partition coefficient (Wildman–Crippen LogP) is 4.03. The van der Waals surface area contributed by atoms with Crippen molar-refractivity contribution in [3.8, 4) is 5.06 Å². The van der Waals surface area contributed by atoms with Crippen molar-refractivity contribution in [2.24, 2.45) is 0 Å². The van der Waals surface area contributed by atoms with Gasteiger partial charge in [-0.15, -0.1) is 0 Å². The van der Waals surface area contributed by atoms with Gasteiger partial charge < -0.3 is 14.4 Å². The van der Waals surface area contributed by atoms with Gasteiger partial charge >= 0.3 is 0 Å². The van der Waals surface area contributed by atoms with Crippen LogP contribution in [0.3, 0.4) is 0 Å². The number of carbonyl (C=O) groups excluding carboxylic acids is 1. The zero-order chi connectivity index (χ0) is 16.6. The van der Waals surface area contributed by atoms with E-state index in [2.05, 4.69) is 0 Å². The fourth-order valence-corrected chi connectivity index (χ4v) is 3.77. The summed E-state index contributed by atoms with van der Waals surface area (Å²) in [6, 6.07) is 3.24. The molecule has 23 heavy (non-hydrogen) atoms. The van der Waals surface area contributed by atoms with Crippen LogP contribution >= 0.6 is 11.3 Å². The largest absolute Gasteiger partial charge is 0.494 e. The maximum Gasteiger partial charge on any atom is 0.268 e. The Morgan fingerprint density at radius 2 is 2.26 bits per heavy atom. The summed E-state index contributed by atoms with van der Waals surface area (Å²) in [7, 11) is 1.45. The molecule has 3 rings (SSSR count). The fourth-order valence-electron chi connectivity index (χ4n) is 2.92. The van der Waals surface area contributed by atoms with E-state index in [9.17, 15) is 9.18 Å². The Labute approximate surface area is 138 Å². The van der Waals surface area contributed by atoms with Gasteiger partial charge in [0.05, 0.1) is 24.6 Å². The molecule has 122 valence electrons. The van der Waals surface area contributed by atoms with Crippen molar-refractivity contribution in [3.63, 3.8) is 0 Å². The monoisotopic (exact) mass is 335 g/mol. The SMILES string of the molecule is CCOc1ccc(C(=O)N2C(C)=CC3=C(F)C(OC)=CCC32)s1. The first-order valence-electron chi connectivity index (χ1n) is 7.45. The van der Waals surface area contributed by atoms with E-state index in [0.717, 1.165) is 5.70 Å². The van der Waals surface area contributed by atoms with Crippen molar-refractivity contribution in [1.82, 2.24) is 4.90 Å². The fraction of sp³-hybridized carbons (Fsp3) is 0.353. The molecule has 0 saturated carbocycles. The van der Waals surface area contributed by atoms with Gasteiger partial charge in [0.1, 0.15) is 0 Å². The Morgan fingerprint density at radius 1 is 1.48 bits per heavy atom. The van der Waals surface area contributed by atoms with Crippen LogP contribution in [-0.4, -0.2) is 30.6 Å². The molecule has 1 aromatic rings. The summed E-state index contributed by atoms with van der Waals surface area (Å²) in [5.74, 6) is -0.277. The molecule has 0 bridgehead atoms. The number of amides is 1. The van der Waals surface area contributed by atoms with Gasteiger partial charge in [-0.05, 0) is 44.6 Å². The Balaban J connectivity index is 1.88. The summed E-state index contributed by atoms with van der Waals surface area (Å²) >= 11 is 1.31. The summed E-state index contributed by atoms with van der Waals surface area (Å²) in [5.41, 5.74) is 1.25. The molecule has 0 fully saturated rings. The van der Waals surface area contributed by atoms with E-state index in [0.29, 0.717) is 28.5 Å². The Morgan fingerprint density at radius 3 is 2.96 bits per heavy atom. The first-order valence-corrected chi connectivity index (χ1v) is 8.27. The lowest BCUT2D eigenvalue weighted by molar-refractivity contribution is 0.0783. The van der Waals surface area contributed by atoms with E-state index >= 15 is 0 Å². The van der Waals surface area contributed by atoms with Crippen LogP contribution in [0.4, 0.5) is 4.39 Å². The maximum absolute atomic E-state index is 14.4. The lowest BCUT2D eigenvalue weighted by atomic mass is 9.98. The first-order chi connectivity index (χ1) is 11.1. The number of allylic oxidation sites excluding steroid dienone is 2. The minimum atomic E-state index is -0.389. The molecular weight excluding hydrogens is 317 g/mol. The van der Waals surface area contributed by atoms with Crippen LogP contribution in [0.15, 0.2) is 47.1 Å². The quantitative estimate of drug-likeness (QED) is 0.834. The molecule has 2 aliphatic rings. The number of ether oxygens (including phenoxy) is 2. The molecule has 1 aliphatic heterocycles. The topological polar surface area (TPSA) is 38.8 Å². The van der Waals surface area contributed by atoms with Crippen LogP contribution in [0, 0.1) is 0 Å². The lowest BCUT2D eigenvalue weighted by Gasteiger charge is -2.28. The van der Waals surface area contributed by atoms with Gasteiger partial charge in [-0.25, -0.2) is 4.39 Å². The Hall–Kier alpha value is -2.08. The van der Waals surface area contributed by atoms with Gasteiger partial charge in [0.2, 0.25) is 0 Å². The third-order valence-electron chi connectivity index (χ3n) is 3.93. The van der Waals surface area contributed by atoms with Crippen molar-refractivity contribution < 1.29 is 18.7 Å². The standard InChI is InChI=1S/C17H18FNO3S/c1-4-22-15-8-7-14(23-15)17(20)19-10(2)9-11-12(19)5-6-13(21-3)16(11)18/h6-9,12H,4-5H2,1-3H3. The second kappa shape index (κ2) is 6.20. The smallest absolute Gasteiger partial charge is 0.268 e. The van der Waals surface area contributed by atoms with Gasteiger partial charge in [-0.3, -0.25) is 4.79 Å². The molecule has 1 atom stereocenters. The zero-order valence-electron chi connectivity index (χ0n) is 13.3. The molecule has 0 aromatic carbocycles. The molecular formula is C17H18FNO3S. The number of methoxy groups -OCH3 is 1. The van der Waals surface area contributed by atoms with E-state index < -0.39 is 0 Å². The number of hydrogen-bond donors (Lipinski definition) is 0. The molecule has 0 saturated heterocycles. The van der Waals surface area contributed by atoms with Crippen molar-refractivity contribution >= 4 is 17.2 Å². The van der Waals surface area contributed by atoms with Crippen molar-refractivity contribution in [2.75, 3.05) is 13.7 Å². The van der Waals surface area contributed by atoms with Crippen molar-refractivity contribution in [3.05, 3.63) is 52.0 Å². The van der Waals surface area contributed by atoms with E-state index in [1.807, 2.05) is 13.8 Å². The van der Waals surface area contributed by atoms with Gasteiger partial charge in [-0.1, -0.05) is 11.3 Å². The third-order valence-corrected chi connectivity index (χ3v) is 4.91. The predicted molar refractivity (Wildman–Crippen MR) is 87.0 cm³/mol. The van der Waals surface area contributed by atoms with Crippen molar-refractivity contribution in [2.45, 2.75) is 26.3 Å². The molecule has 1 aromatic heterocycles. The highest BCUT2D eigenvalue weighted by molar-refractivity contribution is 7.15. The molecule has 0 N–H and O–H groups in total. The number of thiophene rings is 1. The highest BCUT2D eigenvalue weighted by atomic mass is 32.1. The Bertz CT molecular complexity index is 732. The zero-order valence-corrected chi connectivity index (χ0v) is 14.1. The van der Waals surface area contributed by atoms with Gasteiger partial charge in [-0.2, -0.15) is 0 Å². The summed E-state index contributed by atoms with van der Waals surface area (Å²) < 4.78 is 24.9. The number of fused-ring (bicyclic) bond motifs is 1. The summed E-state index contributed by atoms with van der Waals surface area (Å²) in [4.78, 5) is 15.1. The summed E-state index contributed by atoms with van der Waals surface area (Å²) in [6.45, 7) is 4.28. The minimum absolute atomic E-state index is 0.128. The van der Waals surface area contributed by atoms with E-state index in [1.165, 1.54) is 18.4 Å². The van der Waals surface area contributed by atoms with Crippen LogP contribution in [0.2, 0.25) is 0 Å². The van der Waals surface area contributed by atoms with Gasteiger partial charge in [0, 0.05) is 11.3 Å². The highest BCUT2D eigenvalue weighted by Gasteiger charge is 2.38. The molecule has 1 amide bonds. The number of rotatable bonds is 4. The normalized spacial score (nSPS) is 20.2. The average molecular weight is 335 g/mol.